The third-order valence-electron chi connectivity index (χ3n) is 2.53. The van der Waals surface area contributed by atoms with Crippen molar-refractivity contribution < 1.29 is 9.53 Å². The zero-order valence-corrected chi connectivity index (χ0v) is 10.8. The van der Waals surface area contributed by atoms with Gasteiger partial charge in [-0.2, -0.15) is 0 Å². The lowest BCUT2D eigenvalue weighted by atomic mass is 10.1. The topological polar surface area (TPSA) is 38.3 Å². The van der Waals surface area contributed by atoms with Crippen molar-refractivity contribution >= 4 is 5.97 Å². The summed E-state index contributed by atoms with van der Waals surface area (Å²) >= 11 is 0. The number of hydrogen-bond acceptors (Lipinski definition) is 3. The number of hydrogen-bond donors (Lipinski definition) is 1. The lowest BCUT2D eigenvalue weighted by molar-refractivity contribution is -0.146. The molecule has 96 valence electrons. The van der Waals surface area contributed by atoms with Gasteiger partial charge in [-0.25, -0.2) is 4.79 Å². The fraction of sp³-hybridized carbons (Fsp3) is 0.400. The van der Waals surface area contributed by atoms with Crippen LogP contribution in [0.1, 0.15) is 31.9 Å². The van der Waals surface area contributed by atoms with Crippen LogP contribution >= 0.6 is 0 Å². The Kier molecular flexibility index (Phi) is 5.96. The molecule has 0 amide bonds. The van der Waals surface area contributed by atoms with Crippen molar-refractivity contribution in [1.29, 1.82) is 0 Å². The minimum absolute atomic E-state index is 0.0598. The zero-order valence-electron chi connectivity index (χ0n) is 10.8. The highest BCUT2D eigenvalue weighted by atomic mass is 16.5. The summed E-state index contributed by atoms with van der Waals surface area (Å²) in [6, 6.07) is 9.11. The van der Waals surface area contributed by atoms with Crippen LogP contribution in [-0.2, 0) is 9.53 Å². The van der Waals surface area contributed by atoms with Gasteiger partial charge in [0.25, 0.3) is 0 Å². The monoisotopic (exact) mass is 245 g/mol. The molecule has 0 spiro atoms. The lowest BCUT2D eigenvalue weighted by Crippen LogP contribution is -2.36. The summed E-state index contributed by atoms with van der Waals surface area (Å²) in [5, 5.41) is 3.20. The van der Waals surface area contributed by atoms with Gasteiger partial charge in [0, 0.05) is 12.5 Å². The predicted octanol–water partition coefficient (Wildman–Crippen LogP) is 2.29. The Morgan fingerprint density at radius 1 is 1.44 bits per heavy atom. The summed E-state index contributed by atoms with van der Waals surface area (Å²) in [4.78, 5) is 11.9. The molecule has 18 heavy (non-hydrogen) atoms. The van der Waals surface area contributed by atoms with E-state index in [9.17, 15) is 4.79 Å². The van der Waals surface area contributed by atoms with Crippen LogP contribution < -0.4 is 5.32 Å². The van der Waals surface area contributed by atoms with Crippen molar-refractivity contribution in [3.63, 3.8) is 0 Å². The van der Waals surface area contributed by atoms with Crippen molar-refractivity contribution in [3.8, 4) is 12.3 Å². The third kappa shape index (κ3) is 4.23. The van der Waals surface area contributed by atoms with Crippen LogP contribution in [0.2, 0.25) is 0 Å². The van der Waals surface area contributed by atoms with Crippen molar-refractivity contribution in [2.24, 2.45) is 0 Å². The SMILES string of the molecule is C#CCC(C)NC(C(=O)OCC)c1ccccc1. The minimum atomic E-state index is -0.463. The molecule has 3 nitrogen and oxygen atoms in total. The van der Waals surface area contributed by atoms with Crippen LogP contribution in [-0.4, -0.2) is 18.6 Å². The first-order valence-corrected chi connectivity index (χ1v) is 6.10. The van der Waals surface area contributed by atoms with Crippen LogP contribution in [0, 0.1) is 12.3 Å². The van der Waals surface area contributed by atoms with Crippen LogP contribution in [0.4, 0.5) is 0 Å². The van der Waals surface area contributed by atoms with E-state index < -0.39 is 6.04 Å². The van der Waals surface area contributed by atoms with Gasteiger partial charge in [-0.3, -0.25) is 5.32 Å². The van der Waals surface area contributed by atoms with Gasteiger partial charge in [-0.1, -0.05) is 30.3 Å². The molecule has 1 aromatic carbocycles. The average Bonchev–Trinajstić information content (AvgIpc) is 2.37. The van der Waals surface area contributed by atoms with E-state index in [1.165, 1.54) is 0 Å². The minimum Gasteiger partial charge on any atom is -0.465 e. The van der Waals surface area contributed by atoms with Gasteiger partial charge >= 0.3 is 5.97 Å². The number of carbonyl (C=O) groups excluding carboxylic acids is 1. The molecule has 2 unspecified atom stereocenters. The summed E-state index contributed by atoms with van der Waals surface area (Å²) in [7, 11) is 0. The van der Waals surface area contributed by atoms with Gasteiger partial charge in [0.2, 0.25) is 0 Å². The summed E-state index contributed by atoms with van der Waals surface area (Å²) in [5.74, 6) is 2.31. The maximum atomic E-state index is 11.9. The van der Waals surface area contributed by atoms with E-state index in [0.717, 1.165) is 5.56 Å². The van der Waals surface area contributed by atoms with Crippen LogP contribution in [0.5, 0.6) is 0 Å². The highest BCUT2D eigenvalue weighted by Crippen LogP contribution is 2.15. The van der Waals surface area contributed by atoms with Crippen molar-refractivity contribution in [2.45, 2.75) is 32.4 Å². The average molecular weight is 245 g/mol. The van der Waals surface area contributed by atoms with Crippen molar-refractivity contribution in [1.82, 2.24) is 5.32 Å². The first kappa shape index (κ1) is 14.3. The molecular weight excluding hydrogens is 226 g/mol. The Bertz CT molecular complexity index is 408. The lowest BCUT2D eigenvalue weighted by Gasteiger charge is -2.21. The summed E-state index contributed by atoms with van der Waals surface area (Å²) in [5.41, 5.74) is 0.889. The molecule has 1 rings (SSSR count). The van der Waals surface area contributed by atoms with E-state index in [-0.39, 0.29) is 12.0 Å². The third-order valence-corrected chi connectivity index (χ3v) is 2.53. The Morgan fingerprint density at radius 3 is 2.67 bits per heavy atom. The van der Waals surface area contributed by atoms with E-state index in [1.54, 1.807) is 6.92 Å². The van der Waals surface area contributed by atoms with Gasteiger partial charge in [-0.05, 0) is 19.4 Å². The number of rotatable bonds is 6. The van der Waals surface area contributed by atoms with Crippen molar-refractivity contribution in [2.75, 3.05) is 6.61 Å². The molecule has 3 heteroatoms. The standard InChI is InChI=1S/C15H19NO2/c1-4-9-12(3)16-14(15(17)18-5-2)13-10-7-6-8-11-13/h1,6-8,10-12,14,16H,5,9H2,2-3H3. The molecule has 1 N–H and O–H groups in total. The molecule has 1 aromatic rings. The maximum Gasteiger partial charge on any atom is 0.327 e. The first-order chi connectivity index (χ1) is 8.69. The number of terminal acetylenes is 1. The maximum absolute atomic E-state index is 11.9. The van der Waals surface area contributed by atoms with Crippen LogP contribution in [0.25, 0.3) is 0 Å². The zero-order chi connectivity index (χ0) is 13.4. The first-order valence-electron chi connectivity index (χ1n) is 6.10. The molecule has 0 radical (unpaired) electrons. The molecular formula is C15H19NO2. The Hall–Kier alpha value is -1.79. The second-order valence-electron chi connectivity index (χ2n) is 4.07. The Morgan fingerprint density at radius 2 is 2.11 bits per heavy atom. The molecule has 0 saturated carbocycles. The van der Waals surface area contributed by atoms with Gasteiger partial charge in [0.15, 0.2) is 0 Å². The number of esters is 1. The molecule has 0 bridgehead atoms. The number of nitrogens with one attached hydrogen (secondary N) is 1. The van der Waals surface area contributed by atoms with Gasteiger partial charge in [0.1, 0.15) is 6.04 Å². The smallest absolute Gasteiger partial charge is 0.327 e. The van der Waals surface area contributed by atoms with E-state index >= 15 is 0 Å². The summed E-state index contributed by atoms with van der Waals surface area (Å²) in [6.07, 6.45) is 5.84. The number of benzene rings is 1. The van der Waals surface area contributed by atoms with Gasteiger partial charge < -0.3 is 4.74 Å². The van der Waals surface area contributed by atoms with E-state index in [1.807, 2.05) is 37.3 Å². The fourth-order valence-electron chi connectivity index (χ4n) is 1.69. The van der Waals surface area contributed by atoms with Crippen molar-refractivity contribution in [3.05, 3.63) is 35.9 Å². The molecule has 0 aliphatic heterocycles. The second kappa shape index (κ2) is 7.52. The second-order valence-corrected chi connectivity index (χ2v) is 4.07. The number of ether oxygens (including phenoxy) is 1. The quantitative estimate of drug-likeness (QED) is 0.617. The molecule has 2 atom stereocenters. The molecule has 0 aliphatic carbocycles. The summed E-state index contributed by atoms with van der Waals surface area (Å²) < 4.78 is 5.08. The van der Waals surface area contributed by atoms with E-state index in [4.69, 9.17) is 11.2 Å². The molecule has 0 heterocycles. The molecule has 0 saturated heterocycles. The molecule has 0 aromatic heterocycles. The fourth-order valence-corrected chi connectivity index (χ4v) is 1.69. The van der Waals surface area contributed by atoms with Gasteiger partial charge in [-0.15, -0.1) is 12.3 Å². The normalized spacial score (nSPS) is 13.4. The Balaban J connectivity index is 2.82. The summed E-state index contributed by atoms with van der Waals surface area (Å²) in [6.45, 7) is 4.12. The number of carbonyl (C=O) groups is 1. The van der Waals surface area contributed by atoms with E-state index in [2.05, 4.69) is 11.2 Å². The Labute approximate surface area is 109 Å². The van der Waals surface area contributed by atoms with E-state index in [0.29, 0.717) is 13.0 Å². The van der Waals surface area contributed by atoms with Crippen LogP contribution in [0.3, 0.4) is 0 Å². The molecule has 0 fully saturated rings. The predicted molar refractivity (Wildman–Crippen MR) is 71.9 cm³/mol. The highest BCUT2D eigenvalue weighted by molar-refractivity contribution is 5.77. The highest BCUT2D eigenvalue weighted by Gasteiger charge is 2.22. The van der Waals surface area contributed by atoms with Gasteiger partial charge in [0.05, 0.1) is 6.61 Å². The molecule has 0 aliphatic rings. The largest absolute Gasteiger partial charge is 0.465 e. The van der Waals surface area contributed by atoms with Crippen LogP contribution in [0.15, 0.2) is 30.3 Å².